The van der Waals surface area contributed by atoms with Crippen molar-refractivity contribution in [3.63, 3.8) is 0 Å². The van der Waals surface area contributed by atoms with E-state index in [1.807, 2.05) is 25.3 Å². The first-order valence-electron chi connectivity index (χ1n) is 9.48. The number of nitrogen functional groups attached to an aromatic ring is 1. The number of carbonyl (C=O) groups is 1. The lowest BCUT2D eigenvalue weighted by molar-refractivity contribution is 0.102. The molecule has 0 aromatic carbocycles. The minimum atomic E-state index is -0.698. The lowest BCUT2D eigenvalue weighted by Crippen LogP contribution is -2.43. The molecule has 10 nitrogen and oxygen atoms in total. The van der Waals surface area contributed by atoms with Crippen LogP contribution >= 0.6 is 11.8 Å². The van der Waals surface area contributed by atoms with Gasteiger partial charge in [-0.05, 0) is 25.0 Å². The maximum Gasteiger partial charge on any atom is 0.332 e. The molecule has 0 spiro atoms. The molecule has 0 aliphatic heterocycles. The van der Waals surface area contributed by atoms with E-state index in [4.69, 9.17) is 10.2 Å². The second-order valence-corrected chi connectivity index (χ2v) is 8.09. The summed E-state index contributed by atoms with van der Waals surface area (Å²) in [6, 6.07) is 3.53. The summed E-state index contributed by atoms with van der Waals surface area (Å²) in [5, 5.41) is 8.79. The van der Waals surface area contributed by atoms with Gasteiger partial charge in [0.25, 0.3) is 5.56 Å². The Labute approximate surface area is 176 Å². The van der Waals surface area contributed by atoms with Crippen LogP contribution in [-0.4, -0.2) is 35.4 Å². The first kappa shape index (κ1) is 21.6. The summed E-state index contributed by atoms with van der Waals surface area (Å²) in [6.07, 6.45) is 1.55. The number of anilines is 1. The molecule has 0 saturated carbocycles. The van der Waals surface area contributed by atoms with Crippen molar-refractivity contribution in [1.82, 2.24) is 23.9 Å². The Morgan fingerprint density at radius 1 is 1.27 bits per heavy atom. The van der Waals surface area contributed by atoms with E-state index >= 15 is 0 Å². The van der Waals surface area contributed by atoms with Gasteiger partial charge >= 0.3 is 5.69 Å². The minimum Gasteiger partial charge on any atom is -0.461 e. The van der Waals surface area contributed by atoms with Crippen LogP contribution in [0.2, 0.25) is 0 Å². The average molecular weight is 433 g/mol. The summed E-state index contributed by atoms with van der Waals surface area (Å²) in [7, 11) is 1.34. The topological polar surface area (TPSA) is 131 Å². The highest BCUT2D eigenvalue weighted by Gasteiger charge is 2.23. The van der Waals surface area contributed by atoms with Crippen LogP contribution in [0.4, 0.5) is 5.82 Å². The van der Waals surface area contributed by atoms with Gasteiger partial charge in [-0.25, -0.2) is 4.79 Å². The number of aromatic nitrogens is 5. The fourth-order valence-electron chi connectivity index (χ4n) is 3.06. The van der Waals surface area contributed by atoms with Crippen molar-refractivity contribution < 1.29 is 9.21 Å². The quantitative estimate of drug-likeness (QED) is 0.420. The van der Waals surface area contributed by atoms with E-state index in [1.165, 1.54) is 11.6 Å². The molecule has 0 fully saturated rings. The molecule has 0 amide bonds. The maximum atomic E-state index is 12.9. The van der Waals surface area contributed by atoms with Crippen LogP contribution in [0.5, 0.6) is 0 Å². The van der Waals surface area contributed by atoms with Crippen molar-refractivity contribution in [2.75, 3.05) is 11.5 Å². The fraction of sp³-hybridized carbons (Fsp3) is 0.421. The zero-order valence-corrected chi connectivity index (χ0v) is 18.1. The van der Waals surface area contributed by atoms with E-state index in [9.17, 15) is 14.4 Å². The van der Waals surface area contributed by atoms with Crippen molar-refractivity contribution in [2.45, 2.75) is 39.0 Å². The molecule has 30 heavy (non-hydrogen) atoms. The van der Waals surface area contributed by atoms with Crippen LogP contribution < -0.4 is 17.0 Å². The standard InChI is InChI=1S/C19H24N6O4S/c1-5-24-16(13-7-6-8-29-13)21-22-18(24)30-10-12(26)14-15(20)25(9-11(2)3)19(28)23(4)17(14)27/h6-8,11H,5,9-10,20H2,1-4H3. The van der Waals surface area contributed by atoms with Crippen molar-refractivity contribution in [3.8, 4) is 11.6 Å². The number of furan rings is 1. The van der Waals surface area contributed by atoms with Gasteiger partial charge in [-0.2, -0.15) is 0 Å². The van der Waals surface area contributed by atoms with Crippen molar-refractivity contribution >= 4 is 23.4 Å². The number of carbonyl (C=O) groups excluding carboxylic acids is 1. The van der Waals surface area contributed by atoms with Crippen LogP contribution in [0.3, 0.4) is 0 Å². The fourth-order valence-corrected chi connectivity index (χ4v) is 3.93. The summed E-state index contributed by atoms with van der Waals surface area (Å²) >= 11 is 1.15. The van der Waals surface area contributed by atoms with Gasteiger partial charge in [-0.15, -0.1) is 10.2 Å². The second kappa shape index (κ2) is 8.74. The van der Waals surface area contributed by atoms with Crippen molar-refractivity contribution in [3.05, 3.63) is 44.8 Å². The highest BCUT2D eigenvalue weighted by molar-refractivity contribution is 7.99. The van der Waals surface area contributed by atoms with Gasteiger partial charge < -0.3 is 10.2 Å². The van der Waals surface area contributed by atoms with Crippen LogP contribution in [0.15, 0.2) is 37.6 Å². The van der Waals surface area contributed by atoms with Crippen molar-refractivity contribution in [2.24, 2.45) is 13.0 Å². The summed E-state index contributed by atoms with van der Waals surface area (Å²) in [5.41, 5.74) is 4.65. The zero-order chi connectivity index (χ0) is 22.0. The van der Waals surface area contributed by atoms with E-state index in [-0.39, 0.29) is 23.1 Å². The first-order chi connectivity index (χ1) is 14.3. The molecule has 0 saturated heterocycles. The molecule has 2 N–H and O–H groups in total. The predicted octanol–water partition coefficient (Wildman–Crippen LogP) is 1.63. The lowest BCUT2D eigenvalue weighted by atomic mass is 10.2. The molecule has 11 heteroatoms. The third kappa shape index (κ3) is 3.97. The summed E-state index contributed by atoms with van der Waals surface area (Å²) in [4.78, 5) is 37.9. The summed E-state index contributed by atoms with van der Waals surface area (Å²) in [6.45, 7) is 6.65. The number of Topliss-reactive ketones (excluding diaryl/α,β-unsaturated/α-hetero) is 1. The lowest BCUT2D eigenvalue weighted by Gasteiger charge is -2.16. The third-order valence-corrected chi connectivity index (χ3v) is 5.48. The van der Waals surface area contributed by atoms with Crippen LogP contribution in [0.25, 0.3) is 11.6 Å². The average Bonchev–Trinajstić information content (AvgIpc) is 3.37. The largest absolute Gasteiger partial charge is 0.461 e. The van der Waals surface area contributed by atoms with Crippen LogP contribution in [-0.2, 0) is 20.1 Å². The summed E-state index contributed by atoms with van der Waals surface area (Å²) in [5.74, 6) is 0.592. The van der Waals surface area contributed by atoms with E-state index in [2.05, 4.69) is 10.2 Å². The molecular formula is C19H24N6O4S. The van der Waals surface area contributed by atoms with Gasteiger partial charge in [0.2, 0.25) is 0 Å². The van der Waals surface area contributed by atoms with Crippen LogP contribution in [0.1, 0.15) is 31.1 Å². The zero-order valence-electron chi connectivity index (χ0n) is 17.3. The van der Waals surface area contributed by atoms with Gasteiger partial charge in [0.15, 0.2) is 22.5 Å². The van der Waals surface area contributed by atoms with Crippen LogP contribution in [0, 0.1) is 5.92 Å². The first-order valence-corrected chi connectivity index (χ1v) is 10.5. The Morgan fingerprint density at radius 2 is 2.00 bits per heavy atom. The Morgan fingerprint density at radius 3 is 2.60 bits per heavy atom. The van der Waals surface area contributed by atoms with Gasteiger partial charge in [-0.3, -0.25) is 23.3 Å². The highest BCUT2D eigenvalue weighted by atomic mass is 32.2. The normalized spacial score (nSPS) is 11.4. The molecule has 3 aromatic rings. The molecule has 0 unspecified atom stereocenters. The Balaban J connectivity index is 1.90. The third-order valence-electron chi connectivity index (χ3n) is 4.52. The molecular weight excluding hydrogens is 408 g/mol. The Bertz CT molecular complexity index is 1170. The molecule has 0 aliphatic rings. The molecule has 0 atom stereocenters. The van der Waals surface area contributed by atoms with Gasteiger partial charge in [0.1, 0.15) is 11.4 Å². The van der Waals surface area contributed by atoms with E-state index in [0.29, 0.717) is 29.8 Å². The van der Waals surface area contributed by atoms with E-state index in [1.54, 1.807) is 18.4 Å². The molecule has 3 rings (SSSR count). The minimum absolute atomic E-state index is 0.0738. The van der Waals surface area contributed by atoms with E-state index in [0.717, 1.165) is 16.3 Å². The van der Waals surface area contributed by atoms with Gasteiger partial charge in [0, 0.05) is 20.1 Å². The number of ketones is 1. The SMILES string of the molecule is CCn1c(SCC(=O)c2c(N)n(CC(C)C)c(=O)n(C)c2=O)nnc1-c1ccco1. The summed E-state index contributed by atoms with van der Waals surface area (Å²) < 4.78 is 9.38. The van der Waals surface area contributed by atoms with Crippen molar-refractivity contribution in [1.29, 1.82) is 0 Å². The second-order valence-electron chi connectivity index (χ2n) is 7.15. The van der Waals surface area contributed by atoms with Gasteiger partial charge in [0.05, 0.1) is 12.0 Å². The number of rotatable bonds is 8. The monoisotopic (exact) mass is 432 g/mol. The predicted molar refractivity (Wildman–Crippen MR) is 114 cm³/mol. The Hall–Kier alpha value is -3.08. The Kier molecular flexibility index (Phi) is 6.30. The highest BCUT2D eigenvalue weighted by Crippen LogP contribution is 2.25. The number of thioether (sulfide) groups is 1. The van der Waals surface area contributed by atoms with E-state index < -0.39 is 17.0 Å². The number of nitrogens with zero attached hydrogens (tertiary/aromatic N) is 5. The molecule has 0 radical (unpaired) electrons. The number of nitrogens with two attached hydrogens (primary N) is 1. The molecule has 160 valence electrons. The maximum absolute atomic E-state index is 12.9. The van der Waals surface area contributed by atoms with Gasteiger partial charge in [-0.1, -0.05) is 25.6 Å². The smallest absolute Gasteiger partial charge is 0.332 e. The molecule has 0 bridgehead atoms. The molecule has 3 aromatic heterocycles. The molecule has 0 aliphatic carbocycles. The number of hydrogen-bond acceptors (Lipinski definition) is 8. The number of hydrogen-bond donors (Lipinski definition) is 1. The molecule has 3 heterocycles.